The largest absolute Gasteiger partial charge is 0.425 e. The van der Waals surface area contributed by atoms with Crippen molar-refractivity contribution in [3.05, 3.63) is 105 Å². The van der Waals surface area contributed by atoms with Crippen molar-refractivity contribution < 1.29 is 22.4 Å². The van der Waals surface area contributed by atoms with Crippen molar-refractivity contribution in [2.45, 2.75) is 44.0 Å². The van der Waals surface area contributed by atoms with E-state index in [0.717, 1.165) is 29.4 Å². The van der Waals surface area contributed by atoms with Gasteiger partial charge < -0.3 is 9.15 Å². The van der Waals surface area contributed by atoms with Gasteiger partial charge >= 0.3 is 11.6 Å². The molecule has 0 amide bonds. The number of ether oxygens (including phenoxy) is 1. The number of sulfonamides is 1. The highest BCUT2D eigenvalue weighted by atomic mass is 32.2. The zero-order chi connectivity index (χ0) is 25.4. The topological polar surface area (TPSA) is 103 Å². The number of hydrogen-bond acceptors (Lipinski definition) is 6. The van der Waals surface area contributed by atoms with E-state index in [1.54, 1.807) is 61.5 Å². The van der Waals surface area contributed by atoms with Crippen LogP contribution in [0.1, 0.15) is 40.3 Å². The maximum absolute atomic E-state index is 13.4. The fourth-order valence-corrected chi connectivity index (χ4v) is 5.75. The fourth-order valence-electron chi connectivity index (χ4n) is 4.58. The van der Waals surface area contributed by atoms with Gasteiger partial charge in [0.15, 0.2) is 0 Å². The molecule has 0 spiro atoms. The molecule has 1 N–H and O–H groups in total. The predicted molar refractivity (Wildman–Crippen MR) is 136 cm³/mol. The van der Waals surface area contributed by atoms with Gasteiger partial charge in [-0.3, -0.25) is 0 Å². The molecular formula is C28H25NO6S. The molecule has 8 heteroatoms. The summed E-state index contributed by atoms with van der Waals surface area (Å²) < 4.78 is 40.0. The van der Waals surface area contributed by atoms with Crippen molar-refractivity contribution in [3.63, 3.8) is 0 Å². The Morgan fingerprint density at radius 2 is 1.64 bits per heavy atom. The molecule has 0 fully saturated rings. The van der Waals surface area contributed by atoms with Gasteiger partial charge in [0, 0.05) is 16.5 Å². The Hall–Kier alpha value is -3.75. The van der Waals surface area contributed by atoms with Crippen LogP contribution in [0.4, 0.5) is 0 Å². The lowest BCUT2D eigenvalue weighted by atomic mass is 10.0. The van der Waals surface area contributed by atoms with Crippen LogP contribution in [0.5, 0.6) is 5.75 Å². The first-order valence-electron chi connectivity index (χ1n) is 11.7. The summed E-state index contributed by atoms with van der Waals surface area (Å²) in [4.78, 5) is 25.9. The molecule has 1 unspecified atom stereocenters. The second-order valence-electron chi connectivity index (χ2n) is 8.96. The molecule has 4 aromatic rings. The van der Waals surface area contributed by atoms with Gasteiger partial charge in [-0.25, -0.2) is 18.0 Å². The van der Waals surface area contributed by atoms with Crippen molar-refractivity contribution in [1.29, 1.82) is 0 Å². The third-order valence-corrected chi connectivity index (χ3v) is 7.96. The van der Waals surface area contributed by atoms with Crippen molar-refractivity contribution in [2.75, 3.05) is 0 Å². The van der Waals surface area contributed by atoms with E-state index in [9.17, 15) is 18.0 Å². The average molecular weight is 504 g/mol. The highest BCUT2D eigenvalue weighted by Crippen LogP contribution is 2.33. The first-order valence-corrected chi connectivity index (χ1v) is 13.2. The lowest BCUT2D eigenvalue weighted by molar-refractivity contribution is -0.136. The molecule has 0 radical (unpaired) electrons. The van der Waals surface area contributed by atoms with Gasteiger partial charge in [-0.2, -0.15) is 4.72 Å². The SMILES string of the molecule is Cc1ccc(S(=O)(=O)NC(C(=O)Oc2ccc3c4c(c(=O)oc3c2C)CCC4)c2ccccc2)cc1. The van der Waals surface area contributed by atoms with Crippen LogP contribution < -0.4 is 15.1 Å². The standard InChI is InChI=1S/C28H25NO6S/c1-17-11-13-20(14-12-17)36(32,33)29-25(19-7-4-3-5-8-19)28(31)34-24-16-15-22-21-9-6-10-23(21)27(30)35-26(22)18(24)2/h3-5,7-8,11-16,25,29H,6,9-10H2,1-2H3. The van der Waals surface area contributed by atoms with Crippen LogP contribution in [0.2, 0.25) is 0 Å². The van der Waals surface area contributed by atoms with Gasteiger partial charge in [-0.15, -0.1) is 0 Å². The van der Waals surface area contributed by atoms with Crippen LogP contribution >= 0.6 is 0 Å². The molecule has 1 aromatic heterocycles. The first kappa shape index (κ1) is 24.0. The van der Waals surface area contributed by atoms with Crippen molar-refractivity contribution >= 4 is 27.0 Å². The maximum atomic E-state index is 13.4. The molecule has 7 nitrogen and oxygen atoms in total. The van der Waals surface area contributed by atoms with E-state index in [4.69, 9.17) is 9.15 Å². The van der Waals surface area contributed by atoms with Crippen molar-refractivity contribution in [2.24, 2.45) is 0 Å². The zero-order valence-electron chi connectivity index (χ0n) is 19.9. The molecule has 0 saturated carbocycles. The Kier molecular flexibility index (Phi) is 6.24. The Morgan fingerprint density at radius 1 is 0.944 bits per heavy atom. The number of carbonyl (C=O) groups is 1. The van der Waals surface area contributed by atoms with Gasteiger partial charge in [0.1, 0.15) is 17.4 Å². The number of hydrogen-bond donors (Lipinski definition) is 1. The lowest BCUT2D eigenvalue weighted by Gasteiger charge is -2.19. The van der Waals surface area contributed by atoms with E-state index in [1.165, 1.54) is 12.1 Å². The van der Waals surface area contributed by atoms with Gasteiger partial charge in [0.25, 0.3) is 0 Å². The lowest BCUT2D eigenvalue weighted by Crippen LogP contribution is -2.36. The molecule has 1 heterocycles. The number of rotatable bonds is 6. The van der Waals surface area contributed by atoms with E-state index in [1.807, 2.05) is 6.92 Å². The Morgan fingerprint density at radius 3 is 2.36 bits per heavy atom. The van der Waals surface area contributed by atoms with E-state index in [2.05, 4.69) is 4.72 Å². The number of fused-ring (bicyclic) bond motifs is 3. The van der Waals surface area contributed by atoms with Gasteiger partial charge in [0.05, 0.1) is 4.90 Å². The number of benzene rings is 3. The summed E-state index contributed by atoms with van der Waals surface area (Å²) in [6, 6.07) is 17.0. The summed E-state index contributed by atoms with van der Waals surface area (Å²) in [6.45, 7) is 3.57. The third kappa shape index (κ3) is 4.45. The fraction of sp³-hybridized carbons (Fsp3) is 0.214. The highest BCUT2D eigenvalue weighted by Gasteiger charge is 2.30. The minimum atomic E-state index is -4.03. The average Bonchev–Trinajstić information content (AvgIpc) is 3.37. The van der Waals surface area contributed by atoms with Crippen LogP contribution in [0.15, 0.2) is 80.8 Å². The molecule has 1 aliphatic rings. The van der Waals surface area contributed by atoms with E-state index < -0.39 is 22.0 Å². The smallest absolute Gasteiger partial charge is 0.339 e. The monoisotopic (exact) mass is 503 g/mol. The first-order chi connectivity index (χ1) is 17.2. The molecule has 5 rings (SSSR count). The van der Waals surface area contributed by atoms with Crippen LogP contribution in [0.3, 0.4) is 0 Å². The molecule has 0 saturated heterocycles. The van der Waals surface area contributed by atoms with Gasteiger partial charge in [-0.1, -0.05) is 48.0 Å². The quantitative estimate of drug-likeness (QED) is 0.236. The molecule has 1 aliphatic carbocycles. The second-order valence-corrected chi connectivity index (χ2v) is 10.7. The minimum absolute atomic E-state index is 0.0411. The second kappa shape index (κ2) is 9.37. The summed E-state index contributed by atoms with van der Waals surface area (Å²) in [7, 11) is -4.03. The third-order valence-electron chi connectivity index (χ3n) is 6.52. The molecule has 0 bridgehead atoms. The van der Waals surface area contributed by atoms with E-state index in [-0.39, 0.29) is 16.3 Å². The Labute approximate surface area is 208 Å². The maximum Gasteiger partial charge on any atom is 0.339 e. The molecule has 0 aliphatic heterocycles. The molecule has 1 atom stereocenters. The van der Waals surface area contributed by atoms with E-state index in [0.29, 0.717) is 28.7 Å². The summed E-state index contributed by atoms with van der Waals surface area (Å²) in [5.41, 5.74) is 3.55. The van der Waals surface area contributed by atoms with Crippen molar-refractivity contribution in [3.8, 4) is 5.75 Å². The predicted octanol–water partition coefficient (Wildman–Crippen LogP) is 4.52. The van der Waals surface area contributed by atoms with Gasteiger partial charge in [0.2, 0.25) is 10.0 Å². The molecule has 36 heavy (non-hydrogen) atoms. The molecule has 184 valence electrons. The minimum Gasteiger partial charge on any atom is -0.425 e. The van der Waals surface area contributed by atoms with E-state index >= 15 is 0 Å². The normalized spacial score (nSPS) is 13.9. The summed E-state index contributed by atoms with van der Waals surface area (Å²) >= 11 is 0. The zero-order valence-corrected chi connectivity index (χ0v) is 20.7. The highest BCUT2D eigenvalue weighted by molar-refractivity contribution is 7.89. The number of nitrogens with one attached hydrogen (secondary N) is 1. The summed E-state index contributed by atoms with van der Waals surface area (Å²) in [5, 5.41) is 0.832. The van der Waals surface area contributed by atoms with Crippen LogP contribution in [-0.2, 0) is 27.7 Å². The Balaban J connectivity index is 1.50. The van der Waals surface area contributed by atoms with Crippen LogP contribution in [0, 0.1) is 13.8 Å². The molecule has 3 aromatic carbocycles. The van der Waals surface area contributed by atoms with Crippen molar-refractivity contribution in [1.82, 2.24) is 4.72 Å². The number of esters is 1. The summed E-state index contributed by atoms with van der Waals surface area (Å²) in [6.07, 6.45) is 2.39. The Bertz CT molecular complexity index is 1620. The van der Waals surface area contributed by atoms with Crippen LogP contribution in [0.25, 0.3) is 11.0 Å². The summed E-state index contributed by atoms with van der Waals surface area (Å²) in [5.74, 6) is -0.605. The molecular weight excluding hydrogens is 478 g/mol. The van der Waals surface area contributed by atoms with Crippen LogP contribution in [-0.4, -0.2) is 14.4 Å². The number of carbonyl (C=O) groups excluding carboxylic acids is 1. The van der Waals surface area contributed by atoms with Gasteiger partial charge in [-0.05, 0) is 68.5 Å². The number of aryl methyl sites for hydroxylation is 3.